The van der Waals surface area contributed by atoms with Gasteiger partial charge in [-0.25, -0.2) is 36.7 Å². The maximum atomic E-state index is 13.8. The number of alkyl halides is 4. The molecule has 1 atom stereocenters. The lowest BCUT2D eigenvalue weighted by Gasteiger charge is -2.33. The maximum Gasteiger partial charge on any atom is 0.408 e. The van der Waals surface area contributed by atoms with Gasteiger partial charge in [0.25, 0.3) is 5.92 Å². The number of ether oxygens (including phenoxy) is 1. The fourth-order valence-electron chi connectivity index (χ4n) is 4.51. The zero-order valence-electron chi connectivity index (χ0n) is 20.4. The van der Waals surface area contributed by atoms with Crippen LogP contribution in [0.15, 0.2) is 18.5 Å². The molecule has 13 heteroatoms. The number of carbonyl (C=O) groups excluding carboxylic acids is 2. The van der Waals surface area contributed by atoms with Crippen LogP contribution in [0.25, 0.3) is 5.65 Å². The Hall–Kier alpha value is -3.12. The zero-order chi connectivity index (χ0) is 26.3. The average molecular weight is 515 g/mol. The van der Waals surface area contributed by atoms with E-state index in [9.17, 15) is 27.2 Å². The lowest BCUT2D eigenvalue weighted by atomic mass is 9.81. The van der Waals surface area contributed by atoms with Crippen LogP contribution in [-0.2, 0) is 11.3 Å². The number of alkyl carbamates (subject to hydrolysis) is 1. The second-order valence-electron chi connectivity index (χ2n) is 10.5. The number of rotatable bonds is 5. The van der Waals surface area contributed by atoms with Crippen molar-refractivity contribution >= 4 is 17.8 Å². The molecule has 198 valence electrons. The number of nitrogens with zero attached hydrogens (tertiary/aromatic N) is 4. The van der Waals surface area contributed by atoms with Crippen LogP contribution in [0.1, 0.15) is 63.8 Å². The summed E-state index contributed by atoms with van der Waals surface area (Å²) in [6, 6.07) is 0.323. The molecule has 0 aromatic carbocycles. The van der Waals surface area contributed by atoms with E-state index < -0.39 is 48.7 Å². The Morgan fingerprint density at radius 2 is 1.94 bits per heavy atom. The van der Waals surface area contributed by atoms with Crippen LogP contribution in [-0.4, -0.2) is 62.2 Å². The maximum absolute atomic E-state index is 13.8. The van der Waals surface area contributed by atoms with Gasteiger partial charge in [-0.15, -0.1) is 0 Å². The summed E-state index contributed by atoms with van der Waals surface area (Å²) in [7, 11) is 0. The molecule has 2 aromatic heterocycles. The average Bonchev–Trinajstić information content (AvgIpc) is 3.17. The molecule has 4 rings (SSSR count). The highest BCUT2D eigenvalue weighted by Gasteiger charge is 2.40. The van der Waals surface area contributed by atoms with E-state index in [1.807, 2.05) is 0 Å². The van der Waals surface area contributed by atoms with Crippen molar-refractivity contribution in [2.45, 2.75) is 76.5 Å². The molecule has 1 saturated heterocycles. The van der Waals surface area contributed by atoms with E-state index in [1.54, 1.807) is 33.0 Å². The summed E-state index contributed by atoms with van der Waals surface area (Å²) in [6.45, 7) is 3.65. The molecule has 1 aliphatic heterocycles. The molecular weight excluding hydrogens is 484 g/mol. The fourth-order valence-corrected chi connectivity index (χ4v) is 4.51. The number of nitrogens with one attached hydrogen (secondary N) is 2. The smallest absolute Gasteiger partial charge is 0.408 e. The molecule has 0 radical (unpaired) electrons. The van der Waals surface area contributed by atoms with E-state index in [0.29, 0.717) is 16.9 Å². The van der Waals surface area contributed by atoms with E-state index in [2.05, 4.69) is 20.7 Å². The summed E-state index contributed by atoms with van der Waals surface area (Å²) in [5, 5.41) is 9.22. The molecule has 36 heavy (non-hydrogen) atoms. The van der Waals surface area contributed by atoms with Crippen LogP contribution in [0.5, 0.6) is 0 Å². The van der Waals surface area contributed by atoms with Gasteiger partial charge in [0.2, 0.25) is 5.92 Å². The minimum atomic E-state index is -3.04. The number of halogens is 4. The molecule has 3 heterocycles. The van der Waals surface area contributed by atoms with Gasteiger partial charge in [-0.05, 0) is 51.2 Å². The number of carbonyl (C=O) groups is 2. The van der Waals surface area contributed by atoms with Gasteiger partial charge in [0.1, 0.15) is 5.60 Å². The molecule has 0 unspecified atom stereocenters. The third-order valence-corrected chi connectivity index (χ3v) is 6.20. The van der Waals surface area contributed by atoms with Gasteiger partial charge >= 0.3 is 12.1 Å². The van der Waals surface area contributed by atoms with Crippen LogP contribution in [0.3, 0.4) is 0 Å². The number of imidazole rings is 1. The highest BCUT2D eigenvalue weighted by atomic mass is 19.3. The SMILES string of the molecule is CC(C)(C)OC(=O)N[C@H](c1cn2ncc(CN3CC(F)(F)CNC3=O)cc2n1)C1CCC(F)(F)CC1. The Kier molecular flexibility index (Phi) is 6.78. The Labute approximate surface area is 205 Å². The summed E-state index contributed by atoms with van der Waals surface area (Å²) < 4.78 is 61.9. The van der Waals surface area contributed by atoms with Crippen molar-refractivity contribution in [2.75, 3.05) is 13.1 Å². The number of urea groups is 1. The van der Waals surface area contributed by atoms with Crippen LogP contribution in [0.2, 0.25) is 0 Å². The largest absolute Gasteiger partial charge is 0.444 e. The predicted molar refractivity (Wildman–Crippen MR) is 121 cm³/mol. The van der Waals surface area contributed by atoms with Gasteiger partial charge < -0.3 is 20.3 Å². The molecule has 0 spiro atoms. The van der Waals surface area contributed by atoms with Gasteiger partial charge in [0, 0.05) is 19.4 Å². The molecule has 2 aliphatic rings. The van der Waals surface area contributed by atoms with Gasteiger partial charge in [-0.1, -0.05) is 0 Å². The zero-order valence-corrected chi connectivity index (χ0v) is 20.4. The van der Waals surface area contributed by atoms with E-state index in [0.717, 1.165) is 4.90 Å². The summed E-state index contributed by atoms with van der Waals surface area (Å²) >= 11 is 0. The summed E-state index contributed by atoms with van der Waals surface area (Å²) in [4.78, 5) is 30.1. The van der Waals surface area contributed by atoms with Crippen LogP contribution < -0.4 is 10.6 Å². The Morgan fingerprint density at radius 1 is 1.25 bits per heavy atom. The summed E-state index contributed by atoms with van der Waals surface area (Å²) in [6.07, 6.45) is 2.15. The van der Waals surface area contributed by atoms with Gasteiger partial charge in [-0.3, -0.25) is 0 Å². The predicted octanol–water partition coefficient (Wildman–Crippen LogP) is 4.28. The van der Waals surface area contributed by atoms with Gasteiger partial charge in [0.05, 0.1) is 37.2 Å². The molecule has 1 saturated carbocycles. The highest BCUT2D eigenvalue weighted by Crippen LogP contribution is 2.41. The molecule has 2 N–H and O–H groups in total. The highest BCUT2D eigenvalue weighted by molar-refractivity contribution is 5.75. The van der Waals surface area contributed by atoms with Crippen molar-refractivity contribution in [1.82, 2.24) is 30.1 Å². The van der Waals surface area contributed by atoms with Crippen molar-refractivity contribution in [3.8, 4) is 0 Å². The van der Waals surface area contributed by atoms with Crippen molar-refractivity contribution in [1.29, 1.82) is 0 Å². The molecule has 2 fully saturated rings. The normalized spacial score (nSPS) is 21.2. The van der Waals surface area contributed by atoms with E-state index in [-0.39, 0.29) is 38.1 Å². The molecule has 3 amide bonds. The summed E-state index contributed by atoms with van der Waals surface area (Å²) in [5.74, 6) is -6.07. The topological polar surface area (TPSA) is 101 Å². The van der Waals surface area contributed by atoms with E-state index in [4.69, 9.17) is 4.74 Å². The first-order chi connectivity index (χ1) is 16.7. The summed E-state index contributed by atoms with van der Waals surface area (Å²) in [5.41, 5.74) is 0.523. The number of fused-ring (bicyclic) bond motifs is 1. The first-order valence-corrected chi connectivity index (χ1v) is 11.8. The van der Waals surface area contributed by atoms with Gasteiger partial charge in [0.15, 0.2) is 5.65 Å². The van der Waals surface area contributed by atoms with Crippen molar-refractivity contribution in [3.63, 3.8) is 0 Å². The number of amides is 3. The molecule has 1 aliphatic carbocycles. The number of hydrogen-bond donors (Lipinski definition) is 2. The molecule has 0 bridgehead atoms. The van der Waals surface area contributed by atoms with E-state index in [1.165, 1.54) is 10.7 Å². The van der Waals surface area contributed by atoms with Crippen LogP contribution in [0.4, 0.5) is 27.2 Å². The monoisotopic (exact) mass is 514 g/mol. The first-order valence-electron chi connectivity index (χ1n) is 11.8. The third-order valence-electron chi connectivity index (χ3n) is 6.20. The second-order valence-corrected chi connectivity index (χ2v) is 10.5. The lowest BCUT2D eigenvalue weighted by molar-refractivity contribution is -0.0500. The molecular formula is C23H30F4N6O3. The van der Waals surface area contributed by atoms with Crippen molar-refractivity contribution in [3.05, 3.63) is 29.7 Å². The Morgan fingerprint density at radius 3 is 2.61 bits per heavy atom. The van der Waals surface area contributed by atoms with Crippen LogP contribution >= 0.6 is 0 Å². The van der Waals surface area contributed by atoms with Crippen LogP contribution in [0, 0.1) is 5.92 Å². The molecule has 2 aromatic rings. The van der Waals surface area contributed by atoms with Gasteiger partial charge in [-0.2, -0.15) is 5.10 Å². The Bertz CT molecular complexity index is 1120. The second kappa shape index (κ2) is 9.40. The standard InChI is InChI=1S/C23H30F4N6O3/c1-21(2,3)36-20(35)31-18(15-4-6-22(24,25)7-5-15)16-11-33-17(30-16)8-14(9-29-33)10-32-13-23(26,27)12-28-19(32)34/h8-9,11,15,18H,4-7,10,12-13H2,1-3H3,(H,28,34)(H,31,35)/t18-/m0/s1. The third kappa shape index (κ3) is 6.35. The van der Waals surface area contributed by atoms with Crippen molar-refractivity contribution < 1.29 is 31.9 Å². The molecule has 9 nitrogen and oxygen atoms in total. The fraction of sp³-hybridized carbons (Fsp3) is 0.652. The first kappa shape index (κ1) is 26.0. The quantitative estimate of drug-likeness (QED) is 0.580. The number of aromatic nitrogens is 3. The lowest BCUT2D eigenvalue weighted by Crippen LogP contribution is -2.56. The minimum absolute atomic E-state index is 0.0928. The van der Waals surface area contributed by atoms with E-state index >= 15 is 0 Å². The minimum Gasteiger partial charge on any atom is -0.444 e. The number of hydrogen-bond acceptors (Lipinski definition) is 5. The van der Waals surface area contributed by atoms with Crippen molar-refractivity contribution in [2.24, 2.45) is 5.92 Å². The Balaban J connectivity index is 1.57.